The molecule has 0 spiro atoms. The number of thioether (sulfide) groups is 1. The fourth-order valence-electron chi connectivity index (χ4n) is 4.35. The normalized spacial score (nSPS) is 16.5. The Bertz CT molecular complexity index is 1470. The Balaban J connectivity index is 1.33. The van der Waals surface area contributed by atoms with Gasteiger partial charge in [-0.1, -0.05) is 60.7 Å². The number of rotatable bonds is 7. The van der Waals surface area contributed by atoms with Crippen LogP contribution in [-0.4, -0.2) is 33.4 Å². The molecule has 0 saturated heterocycles. The van der Waals surface area contributed by atoms with Gasteiger partial charge in [0.1, 0.15) is 17.9 Å². The van der Waals surface area contributed by atoms with E-state index in [1.807, 2.05) is 47.9 Å². The van der Waals surface area contributed by atoms with Crippen molar-refractivity contribution < 1.29 is 19.0 Å². The van der Waals surface area contributed by atoms with Crippen molar-refractivity contribution in [2.24, 2.45) is 0 Å². The molecule has 2 aliphatic rings. The minimum Gasteiger partial charge on any atom is -0.352 e. The van der Waals surface area contributed by atoms with E-state index in [0.29, 0.717) is 29.1 Å². The zero-order chi connectivity index (χ0) is 25.8. The zero-order valence-corrected chi connectivity index (χ0v) is 20.7. The average Bonchev–Trinajstić information content (AvgIpc) is 3.42. The maximum Gasteiger partial charge on any atom is 0.506 e. The number of hydrogen-bond acceptors (Lipinski definition) is 5. The van der Waals surface area contributed by atoms with Crippen LogP contribution >= 0.6 is 11.8 Å². The van der Waals surface area contributed by atoms with E-state index in [2.05, 4.69) is 11.4 Å². The minimum absolute atomic E-state index is 0.114. The second-order valence-corrected chi connectivity index (χ2v) is 9.68. The summed E-state index contributed by atoms with van der Waals surface area (Å²) in [5, 5.41) is 13.7. The maximum atomic E-state index is 13.6. The predicted octanol–water partition coefficient (Wildman–Crippen LogP) is 4.17. The van der Waals surface area contributed by atoms with Gasteiger partial charge in [0.2, 0.25) is 5.91 Å². The first kappa shape index (κ1) is 24.2. The Morgan fingerprint density at radius 2 is 1.70 bits per heavy atom. The highest BCUT2D eigenvalue weighted by Gasteiger charge is 2.50. The maximum absolute atomic E-state index is 13.6. The van der Waals surface area contributed by atoms with Gasteiger partial charge in [-0.25, -0.2) is 4.79 Å². The Hall–Kier alpha value is -4.48. The summed E-state index contributed by atoms with van der Waals surface area (Å²) in [4.78, 5) is 40.5. The van der Waals surface area contributed by atoms with Crippen LogP contribution in [-0.2, 0) is 29.1 Å². The molecule has 3 aromatic rings. The van der Waals surface area contributed by atoms with Crippen molar-refractivity contribution in [2.45, 2.75) is 24.8 Å². The van der Waals surface area contributed by atoms with Crippen molar-refractivity contribution in [1.82, 2.24) is 5.32 Å². The molecule has 5 rings (SSSR count). The molecule has 0 aliphatic carbocycles. The Labute approximate surface area is 218 Å². The summed E-state index contributed by atoms with van der Waals surface area (Å²) in [6.45, 7) is 0.633. The molecule has 3 aromatic carbocycles. The second kappa shape index (κ2) is 10.6. The molecule has 7 nitrogen and oxygen atoms in total. The SMILES string of the molecule is N#Cc1ccccc1C[N+]1=C2C=CSC2C(=O)N(c2ccc(CC(=O)NCc3ccccc3)cc2)C1=O. The standard InChI is InChI=1S/C29H22N4O3S/c30-17-22-8-4-5-9-23(22)19-32-25-14-15-37-27(25)28(35)33(29(32)36)24-12-10-20(11-13-24)16-26(34)31-18-21-6-2-1-3-7-21/h1-15,27H,16,18-19H2/p+1. The van der Waals surface area contributed by atoms with Gasteiger partial charge < -0.3 is 5.32 Å². The molecule has 0 bridgehead atoms. The Morgan fingerprint density at radius 1 is 0.973 bits per heavy atom. The van der Waals surface area contributed by atoms with Gasteiger partial charge in [0, 0.05) is 12.1 Å². The van der Waals surface area contributed by atoms with Crippen LogP contribution in [0.15, 0.2) is 90.3 Å². The molecule has 2 heterocycles. The number of fused-ring (bicyclic) bond motifs is 1. The number of benzene rings is 3. The second-order valence-electron chi connectivity index (χ2n) is 8.66. The van der Waals surface area contributed by atoms with Crippen molar-refractivity contribution in [2.75, 3.05) is 4.90 Å². The summed E-state index contributed by atoms with van der Waals surface area (Å²) in [5.74, 6) is -0.426. The average molecular weight is 508 g/mol. The van der Waals surface area contributed by atoms with E-state index in [9.17, 15) is 19.6 Å². The molecule has 37 heavy (non-hydrogen) atoms. The van der Waals surface area contributed by atoms with Gasteiger partial charge >= 0.3 is 11.9 Å². The van der Waals surface area contributed by atoms with Crippen LogP contribution in [0.4, 0.5) is 10.5 Å². The van der Waals surface area contributed by atoms with Gasteiger partial charge in [-0.05, 0) is 40.8 Å². The van der Waals surface area contributed by atoms with Crippen LogP contribution in [0.25, 0.3) is 0 Å². The van der Waals surface area contributed by atoms with Crippen LogP contribution in [0.2, 0.25) is 0 Å². The summed E-state index contributed by atoms with van der Waals surface area (Å²) >= 11 is 1.35. The van der Waals surface area contributed by atoms with Crippen molar-refractivity contribution in [3.8, 4) is 6.07 Å². The van der Waals surface area contributed by atoms with Gasteiger partial charge in [-0.3, -0.25) is 4.79 Å². The van der Waals surface area contributed by atoms with Gasteiger partial charge in [0.25, 0.3) is 0 Å². The molecule has 0 aromatic heterocycles. The van der Waals surface area contributed by atoms with Crippen molar-refractivity contribution in [3.63, 3.8) is 0 Å². The minimum atomic E-state index is -0.532. The quantitative estimate of drug-likeness (QED) is 0.485. The highest BCUT2D eigenvalue weighted by Crippen LogP contribution is 2.31. The number of nitriles is 1. The lowest BCUT2D eigenvalue weighted by molar-refractivity contribution is -0.444. The van der Waals surface area contributed by atoms with Crippen LogP contribution in [0.3, 0.4) is 0 Å². The fraction of sp³-hybridized carbons (Fsp3) is 0.138. The zero-order valence-electron chi connectivity index (χ0n) is 19.8. The summed E-state index contributed by atoms with van der Waals surface area (Å²) in [6.07, 6.45) is 1.97. The summed E-state index contributed by atoms with van der Waals surface area (Å²) in [5.41, 5.74) is 4.05. The van der Waals surface area contributed by atoms with Crippen LogP contribution < -0.4 is 10.2 Å². The first-order valence-electron chi connectivity index (χ1n) is 11.8. The first-order chi connectivity index (χ1) is 18.0. The molecular formula is C29H23N4O3S+. The van der Waals surface area contributed by atoms with Gasteiger partial charge in [-0.2, -0.15) is 14.6 Å². The van der Waals surface area contributed by atoms with E-state index in [-0.39, 0.29) is 24.8 Å². The number of urea groups is 1. The fourth-order valence-corrected chi connectivity index (χ4v) is 5.29. The number of nitrogens with zero attached hydrogens (tertiary/aromatic N) is 3. The number of hydrogen-bond donors (Lipinski definition) is 1. The highest BCUT2D eigenvalue weighted by atomic mass is 32.2. The van der Waals surface area contributed by atoms with E-state index in [0.717, 1.165) is 11.1 Å². The Morgan fingerprint density at radius 3 is 2.46 bits per heavy atom. The number of carbonyl (C=O) groups excluding carboxylic acids is 3. The van der Waals surface area contributed by atoms with Gasteiger partial charge in [0.15, 0.2) is 5.25 Å². The lowest BCUT2D eigenvalue weighted by atomic mass is 10.1. The van der Waals surface area contributed by atoms with Crippen molar-refractivity contribution in [3.05, 3.63) is 113 Å². The molecule has 182 valence electrons. The summed E-state index contributed by atoms with van der Waals surface area (Å²) in [7, 11) is 0. The third-order valence-corrected chi connectivity index (χ3v) is 7.27. The number of anilines is 1. The van der Waals surface area contributed by atoms with Crippen molar-refractivity contribution >= 4 is 41.0 Å². The summed E-state index contributed by atoms with van der Waals surface area (Å²) < 4.78 is 1.56. The lowest BCUT2D eigenvalue weighted by Gasteiger charge is -2.24. The van der Waals surface area contributed by atoms with E-state index >= 15 is 0 Å². The van der Waals surface area contributed by atoms with E-state index in [1.165, 1.54) is 16.7 Å². The third kappa shape index (κ3) is 5.08. The molecule has 1 atom stereocenters. The molecule has 0 fully saturated rings. The molecular weight excluding hydrogens is 484 g/mol. The van der Waals surface area contributed by atoms with E-state index in [1.54, 1.807) is 47.0 Å². The number of nitrogens with one attached hydrogen (secondary N) is 1. The monoisotopic (exact) mass is 507 g/mol. The van der Waals surface area contributed by atoms with Gasteiger partial charge in [0.05, 0.1) is 18.1 Å². The molecule has 0 saturated carbocycles. The van der Waals surface area contributed by atoms with Crippen LogP contribution in [0, 0.1) is 11.3 Å². The molecule has 0 radical (unpaired) electrons. The molecule has 1 unspecified atom stereocenters. The molecule has 4 amide bonds. The van der Waals surface area contributed by atoms with Crippen LogP contribution in [0.5, 0.6) is 0 Å². The van der Waals surface area contributed by atoms with Crippen molar-refractivity contribution in [1.29, 1.82) is 5.26 Å². The number of carbonyl (C=O) groups is 3. The molecule has 8 heteroatoms. The van der Waals surface area contributed by atoms with E-state index < -0.39 is 11.3 Å². The molecule has 1 N–H and O–H groups in total. The topological polar surface area (TPSA) is 93.3 Å². The van der Waals surface area contributed by atoms with Gasteiger partial charge in [-0.15, -0.1) is 16.7 Å². The smallest absolute Gasteiger partial charge is 0.352 e. The Kier molecular flexibility index (Phi) is 6.97. The van der Waals surface area contributed by atoms with E-state index in [4.69, 9.17) is 0 Å². The highest BCUT2D eigenvalue weighted by molar-refractivity contribution is 8.04. The largest absolute Gasteiger partial charge is 0.506 e. The first-order valence-corrected chi connectivity index (χ1v) is 12.7. The van der Waals surface area contributed by atoms with Crippen LogP contribution in [0.1, 0.15) is 22.3 Å². The predicted molar refractivity (Wildman–Crippen MR) is 142 cm³/mol. The number of imide groups is 1. The number of allylic oxidation sites excluding steroid dienone is 1. The lowest BCUT2D eigenvalue weighted by Crippen LogP contribution is -2.55. The molecule has 2 aliphatic heterocycles. The number of amides is 4. The third-order valence-electron chi connectivity index (χ3n) is 6.26. The summed E-state index contributed by atoms with van der Waals surface area (Å²) in [6, 6.07) is 25.4.